The summed E-state index contributed by atoms with van der Waals surface area (Å²) >= 11 is 12.6. The second kappa shape index (κ2) is 11.0. The first kappa shape index (κ1) is 28.4. The standard InChI is InChI=1S/C35H25Cl2FN2O4/c36-18-17-27(32(41)19-13-15-20(38)16-14-19)39(33(42)25-11-5-6-12-26(25)37)40-34(43)30-28-21-7-1-2-8-22(21)29(31(30)35(40)44)24-10-4-3-9-23(24)28/h1-16,27-31H,17-18H2/t27-,28?,29?,30-,31+/m1/s1. The Labute approximate surface area is 263 Å². The van der Waals surface area contributed by atoms with E-state index in [0.717, 1.165) is 44.4 Å². The highest BCUT2D eigenvalue weighted by atomic mass is 35.5. The molecule has 0 unspecified atom stereocenters. The van der Waals surface area contributed by atoms with Gasteiger partial charge < -0.3 is 0 Å². The minimum atomic E-state index is -1.35. The number of hydrazine groups is 1. The Morgan fingerprint density at radius 3 is 1.70 bits per heavy atom. The van der Waals surface area contributed by atoms with Gasteiger partial charge in [-0.25, -0.2) is 9.40 Å². The Morgan fingerprint density at radius 1 is 0.750 bits per heavy atom. The number of alkyl halides is 1. The van der Waals surface area contributed by atoms with Gasteiger partial charge in [-0.1, -0.05) is 72.3 Å². The zero-order valence-electron chi connectivity index (χ0n) is 23.2. The smallest absolute Gasteiger partial charge is 0.275 e. The quantitative estimate of drug-likeness (QED) is 0.131. The van der Waals surface area contributed by atoms with Gasteiger partial charge in [0.2, 0.25) is 0 Å². The fourth-order valence-electron chi connectivity index (χ4n) is 7.28. The number of halogens is 3. The van der Waals surface area contributed by atoms with Crippen LogP contribution in [0, 0.1) is 17.7 Å². The fourth-order valence-corrected chi connectivity index (χ4v) is 7.70. The lowest BCUT2D eigenvalue weighted by molar-refractivity contribution is -0.156. The van der Waals surface area contributed by atoms with Crippen molar-refractivity contribution in [2.75, 3.05) is 5.88 Å². The van der Waals surface area contributed by atoms with Gasteiger partial charge in [0.05, 0.1) is 22.4 Å². The second-order valence-electron chi connectivity index (χ2n) is 11.2. The number of amides is 3. The maximum absolute atomic E-state index is 14.6. The molecule has 44 heavy (non-hydrogen) atoms. The molecule has 9 heteroatoms. The molecule has 3 aliphatic carbocycles. The van der Waals surface area contributed by atoms with Crippen LogP contribution in [0.15, 0.2) is 97.1 Å². The number of nitrogens with zero attached hydrogens (tertiary/aromatic N) is 2. The Hall–Kier alpha value is -4.33. The van der Waals surface area contributed by atoms with E-state index < -0.39 is 59.0 Å². The van der Waals surface area contributed by atoms with Gasteiger partial charge in [0.25, 0.3) is 17.7 Å². The van der Waals surface area contributed by atoms with E-state index in [2.05, 4.69) is 0 Å². The third-order valence-corrected chi connectivity index (χ3v) is 9.61. The fraction of sp³-hybridized carbons (Fsp3) is 0.200. The molecule has 1 fully saturated rings. The number of imide groups is 1. The van der Waals surface area contributed by atoms with Crippen LogP contribution in [0.1, 0.15) is 61.2 Å². The summed E-state index contributed by atoms with van der Waals surface area (Å²) in [6, 6.07) is 25.4. The van der Waals surface area contributed by atoms with Gasteiger partial charge in [-0.15, -0.1) is 11.6 Å². The summed E-state index contributed by atoms with van der Waals surface area (Å²) in [5, 5.41) is 1.92. The number of carbonyl (C=O) groups excluding carboxylic acids is 4. The summed E-state index contributed by atoms with van der Waals surface area (Å²) in [7, 11) is 0. The van der Waals surface area contributed by atoms with E-state index in [1.807, 2.05) is 48.5 Å². The van der Waals surface area contributed by atoms with E-state index in [1.54, 1.807) is 12.1 Å². The molecular formula is C35H25Cl2FN2O4. The summed E-state index contributed by atoms with van der Waals surface area (Å²) in [5.74, 6) is -5.48. The normalized spacial score (nSPS) is 21.8. The highest BCUT2D eigenvalue weighted by Gasteiger charge is 2.63. The molecule has 0 N–H and O–H groups in total. The third kappa shape index (κ3) is 4.21. The lowest BCUT2D eigenvalue weighted by Gasteiger charge is -2.45. The largest absolute Gasteiger partial charge is 0.292 e. The van der Waals surface area contributed by atoms with Crippen LogP contribution in [0.3, 0.4) is 0 Å². The number of Topliss-reactive ketones (excluding diaryl/α,β-unsaturated/α-hetero) is 1. The van der Waals surface area contributed by atoms with E-state index in [4.69, 9.17) is 23.2 Å². The van der Waals surface area contributed by atoms with Crippen LogP contribution in [0.5, 0.6) is 0 Å². The topological polar surface area (TPSA) is 74.8 Å². The van der Waals surface area contributed by atoms with E-state index in [-0.39, 0.29) is 28.5 Å². The molecular weight excluding hydrogens is 602 g/mol. The highest BCUT2D eigenvalue weighted by Crippen LogP contribution is 2.61. The molecule has 0 aromatic heterocycles. The molecule has 1 heterocycles. The molecule has 0 saturated carbocycles. The first-order valence-electron chi connectivity index (χ1n) is 14.3. The summed E-state index contributed by atoms with van der Waals surface area (Å²) in [5.41, 5.74) is 4.03. The van der Waals surface area contributed by atoms with Crippen LogP contribution in [-0.2, 0) is 9.59 Å². The number of rotatable bonds is 7. The Balaban J connectivity index is 1.39. The van der Waals surface area contributed by atoms with Crippen molar-refractivity contribution in [1.29, 1.82) is 0 Å². The molecule has 220 valence electrons. The maximum Gasteiger partial charge on any atom is 0.275 e. The Morgan fingerprint density at radius 2 is 1.23 bits per heavy atom. The number of benzene rings is 4. The van der Waals surface area contributed by atoms with Crippen molar-refractivity contribution in [3.05, 3.63) is 141 Å². The summed E-state index contributed by atoms with van der Waals surface area (Å²) in [6.45, 7) is 0. The van der Waals surface area contributed by atoms with Crippen LogP contribution in [0.25, 0.3) is 0 Å². The average molecular weight is 627 g/mol. The third-order valence-electron chi connectivity index (χ3n) is 9.06. The van der Waals surface area contributed by atoms with Crippen molar-refractivity contribution in [3.8, 4) is 0 Å². The van der Waals surface area contributed by atoms with Gasteiger partial charge in [-0.3, -0.25) is 19.2 Å². The van der Waals surface area contributed by atoms with Crippen molar-refractivity contribution in [3.63, 3.8) is 0 Å². The van der Waals surface area contributed by atoms with Gasteiger partial charge in [0.1, 0.15) is 11.9 Å². The van der Waals surface area contributed by atoms with Gasteiger partial charge >= 0.3 is 0 Å². The number of ketones is 1. The van der Waals surface area contributed by atoms with E-state index in [1.165, 1.54) is 24.3 Å². The average Bonchev–Trinajstić information content (AvgIpc) is 3.30. The van der Waals surface area contributed by atoms with Crippen LogP contribution in [0.4, 0.5) is 4.39 Å². The monoisotopic (exact) mass is 626 g/mol. The summed E-state index contributed by atoms with van der Waals surface area (Å²) in [4.78, 5) is 57.7. The minimum absolute atomic E-state index is 0.0191. The molecule has 3 atom stereocenters. The van der Waals surface area contributed by atoms with Crippen LogP contribution in [-0.4, -0.2) is 45.4 Å². The van der Waals surface area contributed by atoms with Gasteiger partial charge in [0, 0.05) is 23.3 Å². The van der Waals surface area contributed by atoms with Crippen molar-refractivity contribution in [1.82, 2.24) is 10.0 Å². The van der Waals surface area contributed by atoms with E-state index in [0.29, 0.717) is 0 Å². The van der Waals surface area contributed by atoms with Crippen LogP contribution in [0.2, 0.25) is 5.02 Å². The lowest BCUT2D eigenvalue weighted by atomic mass is 9.55. The zero-order chi connectivity index (χ0) is 30.7. The molecule has 4 aliphatic rings. The predicted molar refractivity (Wildman–Crippen MR) is 163 cm³/mol. The molecule has 4 aromatic rings. The van der Waals surface area contributed by atoms with Crippen molar-refractivity contribution >= 4 is 46.7 Å². The maximum atomic E-state index is 14.6. The first-order valence-corrected chi connectivity index (χ1v) is 15.2. The predicted octanol–water partition coefficient (Wildman–Crippen LogP) is 6.61. The van der Waals surface area contributed by atoms with Gasteiger partial charge in [0.15, 0.2) is 5.78 Å². The SMILES string of the molecule is O=C(c1ccc(F)cc1)[C@@H](CCCl)N(C(=O)c1ccccc1Cl)N1C(=O)[C@@H]2C3c4ccccc4C(c4ccccc43)[C@@H]2C1=O. The molecule has 2 bridgehead atoms. The van der Waals surface area contributed by atoms with Crippen molar-refractivity contribution in [2.45, 2.75) is 24.3 Å². The minimum Gasteiger partial charge on any atom is -0.292 e. The molecule has 6 nitrogen and oxygen atoms in total. The van der Waals surface area contributed by atoms with Gasteiger partial charge in [-0.05, 0) is 65.1 Å². The van der Waals surface area contributed by atoms with Crippen molar-refractivity contribution < 1.29 is 23.6 Å². The highest BCUT2D eigenvalue weighted by molar-refractivity contribution is 6.34. The van der Waals surface area contributed by atoms with E-state index >= 15 is 0 Å². The lowest BCUT2D eigenvalue weighted by Crippen LogP contribution is -2.57. The van der Waals surface area contributed by atoms with Crippen LogP contribution < -0.4 is 0 Å². The summed E-state index contributed by atoms with van der Waals surface area (Å²) < 4.78 is 13.8. The van der Waals surface area contributed by atoms with Crippen LogP contribution >= 0.6 is 23.2 Å². The summed E-state index contributed by atoms with van der Waals surface area (Å²) in [6.07, 6.45) is -0.0757. The molecule has 0 spiro atoms. The molecule has 1 aliphatic heterocycles. The van der Waals surface area contributed by atoms with Gasteiger partial charge in [-0.2, -0.15) is 5.01 Å². The zero-order valence-corrected chi connectivity index (χ0v) is 24.7. The Kier molecular flexibility index (Phi) is 7.10. The number of hydrogen-bond donors (Lipinski definition) is 0. The number of hydrogen-bond acceptors (Lipinski definition) is 4. The van der Waals surface area contributed by atoms with Crippen molar-refractivity contribution in [2.24, 2.45) is 11.8 Å². The molecule has 8 rings (SSSR count). The molecule has 0 radical (unpaired) electrons. The molecule has 1 saturated heterocycles. The Bertz CT molecular complexity index is 1730. The molecule has 3 amide bonds. The second-order valence-corrected chi connectivity index (χ2v) is 12.0. The van der Waals surface area contributed by atoms with E-state index in [9.17, 15) is 23.6 Å². The first-order chi connectivity index (χ1) is 21.3. The number of carbonyl (C=O) groups is 4. The molecule has 4 aromatic carbocycles.